The Balaban J connectivity index is 2.38. The quantitative estimate of drug-likeness (QED) is 0.912. The predicted molar refractivity (Wildman–Crippen MR) is 81.6 cm³/mol. The average molecular weight is 298 g/mol. The molecule has 0 spiro atoms. The second kappa shape index (κ2) is 5.15. The van der Waals surface area contributed by atoms with Crippen molar-refractivity contribution in [3.63, 3.8) is 0 Å². The summed E-state index contributed by atoms with van der Waals surface area (Å²) in [6.45, 7) is 4.25. The molecule has 22 heavy (non-hydrogen) atoms. The van der Waals surface area contributed by atoms with Crippen LogP contribution >= 0.6 is 0 Å². The molecule has 0 bridgehead atoms. The van der Waals surface area contributed by atoms with Crippen molar-refractivity contribution in [3.8, 4) is 6.07 Å². The molecule has 1 aromatic heterocycles. The van der Waals surface area contributed by atoms with E-state index in [1.807, 2.05) is 19.9 Å². The largest absolute Gasteiger partial charge is 0.479 e. The second-order valence-electron chi connectivity index (χ2n) is 5.75. The van der Waals surface area contributed by atoms with E-state index in [4.69, 9.17) is 4.74 Å². The second-order valence-corrected chi connectivity index (χ2v) is 5.75. The van der Waals surface area contributed by atoms with Crippen molar-refractivity contribution < 1.29 is 14.6 Å². The molecule has 1 aliphatic heterocycles. The van der Waals surface area contributed by atoms with E-state index in [0.29, 0.717) is 37.1 Å². The zero-order valence-electron chi connectivity index (χ0n) is 12.7. The summed E-state index contributed by atoms with van der Waals surface area (Å²) >= 11 is 0. The molecule has 1 unspecified atom stereocenters. The Labute approximate surface area is 128 Å². The number of benzene rings is 1. The smallest absolute Gasteiger partial charge is 0.342 e. The number of H-pyrrole nitrogens is 1. The van der Waals surface area contributed by atoms with Gasteiger partial charge < -0.3 is 14.8 Å². The van der Waals surface area contributed by atoms with Crippen molar-refractivity contribution in [1.82, 2.24) is 4.98 Å². The minimum Gasteiger partial charge on any atom is -0.479 e. The van der Waals surface area contributed by atoms with E-state index in [-0.39, 0.29) is 0 Å². The lowest BCUT2D eigenvalue weighted by atomic mass is 9.87. The van der Waals surface area contributed by atoms with Crippen molar-refractivity contribution in [2.45, 2.75) is 38.7 Å². The SMILES string of the molecule is CCCC1(C(=O)O)OCCc2c1[nH]c1c(C)ccc(C#N)c21. The molecule has 0 amide bonds. The number of carboxylic acid groups (broad SMARTS) is 1. The summed E-state index contributed by atoms with van der Waals surface area (Å²) in [5.41, 5.74) is 2.61. The first-order valence-electron chi connectivity index (χ1n) is 7.47. The van der Waals surface area contributed by atoms with Crippen LogP contribution in [0.5, 0.6) is 0 Å². The first kappa shape index (κ1) is 14.6. The molecule has 2 N–H and O–H groups in total. The molecule has 0 saturated heterocycles. The predicted octanol–water partition coefficient (Wildman–Crippen LogP) is 3.00. The number of hydrogen-bond donors (Lipinski definition) is 2. The summed E-state index contributed by atoms with van der Waals surface area (Å²) in [6.07, 6.45) is 1.72. The van der Waals surface area contributed by atoms with Gasteiger partial charge in [0.05, 0.1) is 29.5 Å². The van der Waals surface area contributed by atoms with Crippen LogP contribution < -0.4 is 0 Å². The summed E-state index contributed by atoms with van der Waals surface area (Å²) in [5.74, 6) is -0.974. The van der Waals surface area contributed by atoms with Gasteiger partial charge in [0.2, 0.25) is 5.60 Å². The number of nitriles is 1. The number of carboxylic acids is 1. The van der Waals surface area contributed by atoms with Crippen LogP contribution in [-0.4, -0.2) is 22.7 Å². The fraction of sp³-hybridized carbons (Fsp3) is 0.412. The normalized spacial score (nSPS) is 20.6. The van der Waals surface area contributed by atoms with E-state index in [1.165, 1.54) is 0 Å². The molecule has 0 aliphatic carbocycles. The highest BCUT2D eigenvalue weighted by molar-refractivity contribution is 5.94. The van der Waals surface area contributed by atoms with Gasteiger partial charge in [0.1, 0.15) is 0 Å². The van der Waals surface area contributed by atoms with Gasteiger partial charge in [0.15, 0.2) is 0 Å². The van der Waals surface area contributed by atoms with Crippen molar-refractivity contribution >= 4 is 16.9 Å². The number of aryl methyl sites for hydroxylation is 1. The number of aliphatic carboxylic acids is 1. The molecule has 0 fully saturated rings. The van der Waals surface area contributed by atoms with Crippen molar-refractivity contribution in [2.24, 2.45) is 0 Å². The lowest BCUT2D eigenvalue weighted by molar-refractivity contribution is -0.171. The van der Waals surface area contributed by atoms with Crippen LogP contribution in [-0.2, 0) is 21.6 Å². The van der Waals surface area contributed by atoms with Crippen LogP contribution in [0.25, 0.3) is 10.9 Å². The highest BCUT2D eigenvalue weighted by Gasteiger charge is 2.46. The van der Waals surface area contributed by atoms with Gasteiger partial charge in [-0.25, -0.2) is 4.79 Å². The molecule has 0 radical (unpaired) electrons. The Morgan fingerprint density at radius 1 is 1.55 bits per heavy atom. The Bertz CT molecular complexity index is 800. The van der Waals surface area contributed by atoms with Gasteiger partial charge >= 0.3 is 5.97 Å². The number of nitrogens with zero attached hydrogens (tertiary/aromatic N) is 1. The Kier molecular flexibility index (Phi) is 3.42. The summed E-state index contributed by atoms with van der Waals surface area (Å²) < 4.78 is 5.72. The van der Waals surface area contributed by atoms with Gasteiger partial charge in [0.25, 0.3) is 0 Å². The monoisotopic (exact) mass is 298 g/mol. The van der Waals surface area contributed by atoms with Gasteiger partial charge in [0, 0.05) is 5.39 Å². The third-order valence-electron chi connectivity index (χ3n) is 4.44. The topological polar surface area (TPSA) is 86.1 Å². The third kappa shape index (κ3) is 1.84. The maximum Gasteiger partial charge on any atom is 0.342 e. The zero-order valence-corrected chi connectivity index (χ0v) is 12.7. The maximum atomic E-state index is 11.9. The number of aromatic amines is 1. The first-order valence-corrected chi connectivity index (χ1v) is 7.47. The van der Waals surface area contributed by atoms with Crippen molar-refractivity contribution in [2.75, 3.05) is 6.61 Å². The molecule has 114 valence electrons. The highest BCUT2D eigenvalue weighted by atomic mass is 16.5. The molecule has 2 aromatic rings. The van der Waals surface area contributed by atoms with Gasteiger partial charge in [-0.05, 0) is 37.0 Å². The van der Waals surface area contributed by atoms with Gasteiger partial charge in [-0.3, -0.25) is 0 Å². The van der Waals surface area contributed by atoms with Gasteiger partial charge in [-0.15, -0.1) is 0 Å². The number of hydrogen-bond acceptors (Lipinski definition) is 3. The number of nitrogens with one attached hydrogen (secondary N) is 1. The van der Waals surface area contributed by atoms with Crippen LogP contribution in [0.15, 0.2) is 12.1 Å². The lowest BCUT2D eigenvalue weighted by Gasteiger charge is -2.33. The molecular weight excluding hydrogens is 280 g/mol. The molecule has 5 heteroatoms. The van der Waals surface area contributed by atoms with Crippen molar-refractivity contribution in [1.29, 1.82) is 5.26 Å². The summed E-state index contributed by atoms with van der Waals surface area (Å²) in [6, 6.07) is 5.89. The Morgan fingerprint density at radius 3 is 2.95 bits per heavy atom. The summed E-state index contributed by atoms with van der Waals surface area (Å²) in [5, 5.41) is 20.0. The molecule has 0 saturated carbocycles. The molecule has 1 aliphatic rings. The maximum absolute atomic E-state index is 11.9. The Hall–Kier alpha value is -2.32. The molecular formula is C17H18N2O3. The van der Waals surface area contributed by atoms with E-state index >= 15 is 0 Å². The van der Waals surface area contributed by atoms with Crippen LogP contribution in [0, 0.1) is 18.3 Å². The van der Waals surface area contributed by atoms with E-state index in [9.17, 15) is 15.2 Å². The molecule has 2 heterocycles. The summed E-state index contributed by atoms with van der Waals surface area (Å²) in [4.78, 5) is 15.2. The summed E-state index contributed by atoms with van der Waals surface area (Å²) in [7, 11) is 0. The molecule has 3 rings (SSSR count). The van der Waals surface area contributed by atoms with Crippen LogP contribution in [0.1, 0.15) is 42.1 Å². The fourth-order valence-electron chi connectivity index (χ4n) is 3.42. The van der Waals surface area contributed by atoms with E-state index in [0.717, 1.165) is 22.0 Å². The molecule has 1 atom stereocenters. The van der Waals surface area contributed by atoms with Gasteiger partial charge in [-0.2, -0.15) is 5.26 Å². The van der Waals surface area contributed by atoms with Crippen LogP contribution in [0.3, 0.4) is 0 Å². The number of rotatable bonds is 3. The van der Waals surface area contributed by atoms with E-state index in [2.05, 4.69) is 11.1 Å². The third-order valence-corrected chi connectivity index (χ3v) is 4.44. The minimum atomic E-state index is -1.33. The zero-order chi connectivity index (χ0) is 15.9. The highest BCUT2D eigenvalue weighted by Crippen LogP contribution is 2.41. The number of ether oxygens (including phenoxy) is 1. The number of aromatic nitrogens is 1. The van der Waals surface area contributed by atoms with Crippen LogP contribution in [0.2, 0.25) is 0 Å². The van der Waals surface area contributed by atoms with Crippen LogP contribution in [0.4, 0.5) is 0 Å². The number of fused-ring (bicyclic) bond motifs is 3. The standard InChI is InChI=1S/C17H18N2O3/c1-3-7-17(16(20)21)15-12(6-8-22-17)13-11(9-18)5-4-10(2)14(13)19-15/h4-5,19H,3,6-8H2,1-2H3,(H,20,21). The van der Waals surface area contributed by atoms with E-state index < -0.39 is 11.6 Å². The molecule has 5 nitrogen and oxygen atoms in total. The van der Waals surface area contributed by atoms with Crippen molar-refractivity contribution in [3.05, 3.63) is 34.5 Å². The Morgan fingerprint density at radius 2 is 2.32 bits per heavy atom. The van der Waals surface area contributed by atoms with E-state index in [1.54, 1.807) is 6.07 Å². The number of carbonyl (C=O) groups is 1. The minimum absolute atomic E-state index is 0.352. The average Bonchev–Trinajstić information content (AvgIpc) is 2.90. The molecule has 1 aromatic carbocycles. The lowest BCUT2D eigenvalue weighted by Crippen LogP contribution is -2.43. The first-order chi connectivity index (χ1) is 10.5. The van der Waals surface area contributed by atoms with Gasteiger partial charge in [-0.1, -0.05) is 19.4 Å². The fourth-order valence-corrected chi connectivity index (χ4v) is 3.42.